The van der Waals surface area contributed by atoms with E-state index >= 15 is 0 Å². The Hall–Kier alpha value is -2.62. The summed E-state index contributed by atoms with van der Waals surface area (Å²) in [7, 11) is 0. The largest absolute Gasteiger partial charge is 0.379 e. The zero-order valence-corrected chi connectivity index (χ0v) is 40.4. The van der Waals surface area contributed by atoms with Crippen LogP contribution in [0, 0.1) is 21.7 Å². The molecular weight excluding hydrogens is 719 g/mol. The van der Waals surface area contributed by atoms with Gasteiger partial charge >= 0.3 is 0 Å². The molecule has 332 valence electrons. The summed E-state index contributed by atoms with van der Waals surface area (Å²) >= 11 is 0. The molecule has 3 aromatic carbocycles. The lowest BCUT2D eigenvalue weighted by atomic mass is 9.52. The Morgan fingerprint density at radius 2 is 0.932 bits per heavy atom. The third-order valence-electron chi connectivity index (χ3n) is 15.7. The van der Waals surface area contributed by atoms with Gasteiger partial charge in [-0.25, -0.2) is 0 Å². The lowest BCUT2D eigenvalue weighted by molar-refractivity contribution is -0.0144. The quantitative estimate of drug-likeness (QED) is 0.0510. The number of para-hydroxylation sites is 2. The zero-order valence-electron chi connectivity index (χ0n) is 40.4. The molecule has 0 saturated carbocycles. The van der Waals surface area contributed by atoms with Crippen LogP contribution in [0.2, 0.25) is 0 Å². The van der Waals surface area contributed by atoms with Gasteiger partial charge in [0.25, 0.3) is 0 Å². The number of aromatic nitrogens is 1. The van der Waals surface area contributed by atoms with E-state index in [-0.39, 0.29) is 0 Å². The van der Waals surface area contributed by atoms with Gasteiger partial charge in [-0.15, -0.1) is 0 Å². The lowest BCUT2D eigenvalue weighted by Gasteiger charge is -2.53. The van der Waals surface area contributed by atoms with Gasteiger partial charge in [-0.2, -0.15) is 0 Å². The van der Waals surface area contributed by atoms with Gasteiger partial charge in [-0.3, -0.25) is 0 Å². The van der Waals surface area contributed by atoms with Crippen LogP contribution in [-0.2, 0) is 16.0 Å². The molecule has 0 aliphatic heterocycles. The standard InChI is InChI=1S/C38H70.C18H21NO2/c1-11-21-25-28-37(19-9,20-10)32-38(30-35(13-3,14-4)15-5,31-36(16-6,17-7)18-8)29-33(12-2)34-26-23-22-24-27-34;1-2-20-13-14-21-12-11-19-17-9-5-3-7-15(17)16-8-4-6-10-18(16)19/h22-24,26-27,33H,11-21,25,28-32H2,1-10H3;3-10H,2,11-14H2,1H3. The van der Waals surface area contributed by atoms with E-state index in [1.165, 1.54) is 131 Å². The van der Waals surface area contributed by atoms with Crippen molar-refractivity contribution in [2.75, 3.05) is 26.4 Å². The van der Waals surface area contributed by atoms with E-state index in [1.54, 1.807) is 5.56 Å². The fourth-order valence-corrected chi connectivity index (χ4v) is 11.2. The van der Waals surface area contributed by atoms with Gasteiger partial charge < -0.3 is 14.0 Å². The predicted octanol–water partition coefficient (Wildman–Crippen LogP) is 17.4. The summed E-state index contributed by atoms with van der Waals surface area (Å²) in [6, 6.07) is 28.7. The minimum absolute atomic E-state index is 0.388. The number of hydrogen-bond acceptors (Lipinski definition) is 2. The highest BCUT2D eigenvalue weighted by Gasteiger charge is 2.48. The molecule has 0 N–H and O–H groups in total. The van der Waals surface area contributed by atoms with E-state index in [4.69, 9.17) is 9.47 Å². The highest BCUT2D eigenvalue weighted by Crippen LogP contribution is 2.60. The number of fused-ring (bicyclic) bond motifs is 3. The molecule has 1 aromatic heterocycles. The number of benzene rings is 3. The van der Waals surface area contributed by atoms with E-state index in [0.29, 0.717) is 47.4 Å². The topological polar surface area (TPSA) is 23.4 Å². The average Bonchev–Trinajstić information content (AvgIpc) is 3.61. The van der Waals surface area contributed by atoms with Gasteiger partial charge in [-0.05, 0) is 90.7 Å². The lowest BCUT2D eigenvalue weighted by Crippen LogP contribution is -2.41. The van der Waals surface area contributed by atoms with Crippen LogP contribution in [0.4, 0.5) is 0 Å². The van der Waals surface area contributed by atoms with Gasteiger partial charge in [-0.1, -0.05) is 207 Å². The number of nitrogens with zero attached hydrogens (tertiary/aromatic N) is 1. The molecular formula is C56H91NO2. The molecule has 1 heterocycles. The Labute approximate surface area is 364 Å². The summed E-state index contributed by atoms with van der Waals surface area (Å²) in [4.78, 5) is 0. The molecule has 0 spiro atoms. The molecule has 0 bridgehead atoms. The number of hydrogen-bond donors (Lipinski definition) is 0. The summed E-state index contributed by atoms with van der Waals surface area (Å²) in [5.74, 6) is 0.657. The highest BCUT2D eigenvalue weighted by molar-refractivity contribution is 6.07. The zero-order chi connectivity index (χ0) is 43.2. The van der Waals surface area contributed by atoms with Crippen molar-refractivity contribution in [1.29, 1.82) is 0 Å². The van der Waals surface area contributed by atoms with Gasteiger partial charge in [0.2, 0.25) is 0 Å². The maximum Gasteiger partial charge on any atom is 0.0701 e. The van der Waals surface area contributed by atoms with Gasteiger partial charge in [0, 0.05) is 35.0 Å². The van der Waals surface area contributed by atoms with Gasteiger partial charge in [0.05, 0.1) is 19.8 Å². The number of unbranched alkanes of at least 4 members (excludes halogenated alkanes) is 2. The maximum absolute atomic E-state index is 5.66. The molecule has 4 rings (SSSR count). The Balaban J connectivity index is 0.000000368. The minimum Gasteiger partial charge on any atom is -0.379 e. The van der Waals surface area contributed by atoms with Crippen LogP contribution in [0.25, 0.3) is 21.8 Å². The first kappa shape index (κ1) is 50.7. The molecule has 3 heteroatoms. The summed E-state index contributed by atoms with van der Waals surface area (Å²) in [5, 5.41) is 2.62. The van der Waals surface area contributed by atoms with Crippen molar-refractivity contribution < 1.29 is 9.47 Å². The highest BCUT2D eigenvalue weighted by atomic mass is 16.5. The molecule has 0 radical (unpaired) electrons. The third-order valence-corrected chi connectivity index (χ3v) is 15.7. The monoisotopic (exact) mass is 810 g/mol. The number of rotatable bonds is 29. The van der Waals surface area contributed by atoms with Crippen molar-refractivity contribution >= 4 is 21.8 Å². The van der Waals surface area contributed by atoms with Crippen molar-refractivity contribution in [3.63, 3.8) is 0 Å². The van der Waals surface area contributed by atoms with Crippen molar-refractivity contribution in [2.24, 2.45) is 21.7 Å². The summed E-state index contributed by atoms with van der Waals surface area (Å²) in [6.07, 6.45) is 23.1. The van der Waals surface area contributed by atoms with Gasteiger partial charge in [0.1, 0.15) is 0 Å². The predicted molar refractivity (Wildman–Crippen MR) is 261 cm³/mol. The van der Waals surface area contributed by atoms with E-state index in [1.807, 2.05) is 6.92 Å². The van der Waals surface area contributed by atoms with Crippen LogP contribution in [0.3, 0.4) is 0 Å². The van der Waals surface area contributed by atoms with E-state index in [2.05, 4.69) is 153 Å². The first-order valence-electron chi connectivity index (χ1n) is 24.8. The molecule has 0 amide bonds. The molecule has 4 aromatic rings. The van der Waals surface area contributed by atoms with E-state index < -0.39 is 0 Å². The second-order valence-corrected chi connectivity index (χ2v) is 18.5. The minimum atomic E-state index is 0.388. The van der Waals surface area contributed by atoms with Gasteiger partial charge in [0.15, 0.2) is 0 Å². The van der Waals surface area contributed by atoms with Crippen LogP contribution < -0.4 is 0 Å². The molecule has 0 aliphatic carbocycles. The fourth-order valence-electron chi connectivity index (χ4n) is 11.2. The average molecular weight is 810 g/mol. The Bertz CT molecular complexity index is 1580. The molecule has 59 heavy (non-hydrogen) atoms. The van der Waals surface area contributed by atoms with Crippen LogP contribution in [0.5, 0.6) is 0 Å². The fraction of sp³-hybridized carbons (Fsp3) is 0.679. The first-order chi connectivity index (χ1) is 28.6. The first-order valence-corrected chi connectivity index (χ1v) is 24.8. The maximum atomic E-state index is 5.66. The smallest absolute Gasteiger partial charge is 0.0701 e. The van der Waals surface area contributed by atoms with Crippen LogP contribution in [0.1, 0.15) is 197 Å². The third kappa shape index (κ3) is 13.9. The van der Waals surface area contributed by atoms with Crippen LogP contribution >= 0.6 is 0 Å². The summed E-state index contributed by atoms with van der Waals surface area (Å²) < 4.78 is 13.3. The Morgan fingerprint density at radius 1 is 0.475 bits per heavy atom. The van der Waals surface area contributed by atoms with E-state index in [9.17, 15) is 0 Å². The Kier molecular flexibility index (Phi) is 22.3. The van der Waals surface area contributed by atoms with E-state index in [0.717, 1.165) is 13.2 Å². The van der Waals surface area contributed by atoms with Crippen LogP contribution in [0.15, 0.2) is 78.9 Å². The molecule has 1 unspecified atom stereocenters. The van der Waals surface area contributed by atoms with Crippen LogP contribution in [-0.4, -0.2) is 31.0 Å². The normalized spacial score (nSPS) is 13.2. The molecule has 3 nitrogen and oxygen atoms in total. The molecule has 0 aliphatic rings. The summed E-state index contributed by atoms with van der Waals surface area (Å²) in [6.45, 7) is 30.5. The summed E-state index contributed by atoms with van der Waals surface area (Å²) in [5.41, 5.74) is 5.91. The van der Waals surface area contributed by atoms with Crippen molar-refractivity contribution in [2.45, 2.75) is 198 Å². The second kappa shape index (κ2) is 26.0. The SMILES string of the molecule is CCCCCC(CC)(CC)CC(CC(CC)c1ccccc1)(CC(CC)(CC)CC)CC(CC)(CC)CC.CCOCCOCCn1c2ccccc2c2ccccc21. The van der Waals surface area contributed by atoms with Crippen molar-refractivity contribution in [1.82, 2.24) is 4.57 Å². The molecule has 0 saturated heterocycles. The number of ether oxygens (including phenoxy) is 2. The molecule has 1 atom stereocenters. The Morgan fingerprint density at radius 3 is 1.39 bits per heavy atom. The van der Waals surface area contributed by atoms with Crippen molar-refractivity contribution in [3.8, 4) is 0 Å². The van der Waals surface area contributed by atoms with Crippen molar-refractivity contribution in [3.05, 3.63) is 84.4 Å². The second-order valence-electron chi connectivity index (χ2n) is 18.5. The molecule has 0 fully saturated rings.